The van der Waals surface area contributed by atoms with Crippen LogP contribution in [0.4, 0.5) is 0 Å². The number of rotatable bonds is 4. The lowest BCUT2D eigenvalue weighted by Gasteiger charge is -2.33. The molecular formula is C14H15BrCl2N4O2S. The van der Waals surface area contributed by atoms with Crippen LogP contribution in [0, 0.1) is 0 Å². The van der Waals surface area contributed by atoms with E-state index >= 15 is 0 Å². The van der Waals surface area contributed by atoms with Crippen molar-refractivity contribution >= 4 is 49.2 Å². The molecule has 0 atom stereocenters. The third-order valence-electron chi connectivity index (χ3n) is 3.81. The van der Waals surface area contributed by atoms with Crippen LogP contribution in [-0.2, 0) is 16.7 Å². The van der Waals surface area contributed by atoms with E-state index < -0.39 is 10.0 Å². The Morgan fingerprint density at radius 2 is 1.88 bits per heavy atom. The molecule has 0 bridgehead atoms. The molecule has 0 amide bonds. The molecule has 10 heteroatoms. The van der Waals surface area contributed by atoms with E-state index in [0.717, 1.165) is 4.47 Å². The molecule has 2 heterocycles. The summed E-state index contributed by atoms with van der Waals surface area (Å²) in [5.74, 6) is 0. The van der Waals surface area contributed by atoms with Gasteiger partial charge in [-0.25, -0.2) is 8.42 Å². The first kappa shape index (κ1) is 18.2. The second kappa shape index (κ2) is 7.31. The van der Waals surface area contributed by atoms with E-state index in [2.05, 4.69) is 25.9 Å². The van der Waals surface area contributed by atoms with Crippen molar-refractivity contribution in [2.75, 3.05) is 26.2 Å². The minimum atomic E-state index is -3.65. The first-order valence-electron chi connectivity index (χ1n) is 7.22. The van der Waals surface area contributed by atoms with Crippen LogP contribution < -0.4 is 0 Å². The van der Waals surface area contributed by atoms with E-state index in [1.807, 2.05) is 10.9 Å². The van der Waals surface area contributed by atoms with Crippen molar-refractivity contribution in [1.29, 1.82) is 0 Å². The fourth-order valence-corrected chi connectivity index (χ4v) is 5.04. The lowest BCUT2D eigenvalue weighted by molar-refractivity contribution is 0.146. The zero-order chi connectivity index (χ0) is 17.3. The minimum absolute atomic E-state index is 0.0566. The van der Waals surface area contributed by atoms with Gasteiger partial charge in [-0.1, -0.05) is 29.3 Å². The Balaban J connectivity index is 1.68. The summed E-state index contributed by atoms with van der Waals surface area (Å²) in [5, 5.41) is 4.52. The van der Waals surface area contributed by atoms with Crippen molar-refractivity contribution in [3.63, 3.8) is 0 Å². The summed E-state index contributed by atoms with van der Waals surface area (Å²) in [5.41, 5.74) is 0. The number of nitrogens with zero attached hydrogens (tertiary/aromatic N) is 4. The maximum absolute atomic E-state index is 12.8. The minimum Gasteiger partial charge on any atom is -0.282 e. The number of sulfonamides is 1. The summed E-state index contributed by atoms with van der Waals surface area (Å²) >= 11 is 15.4. The molecule has 0 spiro atoms. The SMILES string of the molecule is O=S(=O)(c1cccc(Cl)c1Cl)N1CCN(Cn2cc(Br)cn2)CC1. The molecule has 0 radical (unpaired) electrons. The van der Waals surface area contributed by atoms with Crippen molar-refractivity contribution in [1.82, 2.24) is 19.0 Å². The number of piperazine rings is 1. The van der Waals surface area contributed by atoms with Crippen LogP contribution in [0.3, 0.4) is 0 Å². The molecular weight excluding hydrogens is 439 g/mol. The molecule has 24 heavy (non-hydrogen) atoms. The van der Waals surface area contributed by atoms with E-state index in [0.29, 0.717) is 32.8 Å². The van der Waals surface area contributed by atoms with Gasteiger partial charge in [0.25, 0.3) is 0 Å². The van der Waals surface area contributed by atoms with Gasteiger partial charge in [-0.05, 0) is 28.1 Å². The summed E-state index contributed by atoms with van der Waals surface area (Å²) in [6.45, 7) is 2.66. The number of hydrogen-bond acceptors (Lipinski definition) is 4. The Labute approximate surface area is 159 Å². The van der Waals surface area contributed by atoms with Crippen LogP contribution in [0.2, 0.25) is 10.0 Å². The lowest BCUT2D eigenvalue weighted by atomic mass is 10.4. The maximum Gasteiger partial charge on any atom is 0.244 e. The Hall–Kier alpha value is -0.640. The van der Waals surface area contributed by atoms with Crippen molar-refractivity contribution in [3.05, 3.63) is 45.1 Å². The maximum atomic E-state index is 12.8. The molecule has 1 aromatic heterocycles. The van der Waals surface area contributed by atoms with Crippen molar-refractivity contribution in [2.45, 2.75) is 11.6 Å². The van der Waals surface area contributed by atoms with Crippen LogP contribution in [0.5, 0.6) is 0 Å². The second-order valence-corrected chi connectivity index (χ2v) is 9.02. The van der Waals surface area contributed by atoms with Gasteiger partial charge in [-0.2, -0.15) is 9.40 Å². The number of hydrogen-bond donors (Lipinski definition) is 0. The zero-order valence-electron chi connectivity index (χ0n) is 12.6. The van der Waals surface area contributed by atoms with Gasteiger partial charge < -0.3 is 0 Å². The molecule has 3 rings (SSSR count). The van der Waals surface area contributed by atoms with Crippen molar-refractivity contribution in [2.24, 2.45) is 0 Å². The highest BCUT2D eigenvalue weighted by atomic mass is 79.9. The van der Waals surface area contributed by atoms with E-state index in [-0.39, 0.29) is 14.9 Å². The first-order chi connectivity index (χ1) is 11.4. The van der Waals surface area contributed by atoms with Gasteiger partial charge in [-0.3, -0.25) is 9.58 Å². The lowest BCUT2D eigenvalue weighted by Crippen LogP contribution is -2.48. The van der Waals surface area contributed by atoms with Gasteiger partial charge in [0.2, 0.25) is 10.0 Å². The van der Waals surface area contributed by atoms with Crippen LogP contribution in [0.15, 0.2) is 40.0 Å². The van der Waals surface area contributed by atoms with Gasteiger partial charge in [0, 0.05) is 32.4 Å². The average molecular weight is 454 g/mol. The Morgan fingerprint density at radius 3 is 2.50 bits per heavy atom. The summed E-state index contributed by atoms with van der Waals surface area (Å²) in [4.78, 5) is 2.20. The summed E-state index contributed by atoms with van der Waals surface area (Å²) in [6, 6.07) is 4.65. The first-order valence-corrected chi connectivity index (χ1v) is 10.2. The predicted octanol–water partition coefficient (Wildman–Crippen LogP) is 2.92. The number of benzene rings is 1. The van der Waals surface area contributed by atoms with Crippen molar-refractivity contribution in [3.8, 4) is 0 Å². The molecule has 6 nitrogen and oxygen atoms in total. The Kier molecular flexibility index (Phi) is 5.53. The van der Waals surface area contributed by atoms with Crippen LogP contribution in [-0.4, -0.2) is 53.6 Å². The highest BCUT2D eigenvalue weighted by molar-refractivity contribution is 9.10. The second-order valence-electron chi connectivity index (χ2n) is 5.41. The summed E-state index contributed by atoms with van der Waals surface area (Å²) in [6.07, 6.45) is 3.61. The topological polar surface area (TPSA) is 58.4 Å². The van der Waals surface area contributed by atoms with Gasteiger partial charge >= 0.3 is 0 Å². The predicted molar refractivity (Wildman–Crippen MR) is 96.7 cm³/mol. The van der Waals surface area contributed by atoms with Gasteiger partial charge in [0.1, 0.15) is 4.90 Å². The van der Waals surface area contributed by atoms with Crippen molar-refractivity contribution < 1.29 is 8.42 Å². The van der Waals surface area contributed by atoms with E-state index in [9.17, 15) is 8.42 Å². The third-order valence-corrected chi connectivity index (χ3v) is 7.09. The molecule has 1 aliphatic heterocycles. The van der Waals surface area contributed by atoms with E-state index in [1.165, 1.54) is 10.4 Å². The van der Waals surface area contributed by atoms with Crippen LogP contribution in [0.1, 0.15) is 0 Å². The molecule has 1 saturated heterocycles. The smallest absolute Gasteiger partial charge is 0.244 e. The van der Waals surface area contributed by atoms with E-state index in [4.69, 9.17) is 23.2 Å². The third kappa shape index (κ3) is 3.79. The molecule has 0 unspecified atom stereocenters. The summed E-state index contributed by atoms with van der Waals surface area (Å²) < 4.78 is 29.7. The monoisotopic (exact) mass is 452 g/mol. The Bertz CT molecular complexity index is 835. The highest BCUT2D eigenvalue weighted by Gasteiger charge is 2.30. The van der Waals surface area contributed by atoms with Gasteiger partial charge in [0.05, 0.1) is 27.4 Å². The number of halogens is 3. The molecule has 0 aliphatic carbocycles. The molecule has 0 saturated carbocycles. The standard InChI is InChI=1S/C14H15BrCl2N4O2S/c15-11-8-18-20(9-11)10-19-4-6-21(7-5-19)24(22,23)13-3-1-2-12(16)14(13)17/h1-3,8-9H,4-7,10H2. The molecule has 130 valence electrons. The molecule has 2 aromatic rings. The Morgan fingerprint density at radius 1 is 1.17 bits per heavy atom. The van der Waals surface area contributed by atoms with Crippen LogP contribution >= 0.6 is 39.1 Å². The fourth-order valence-electron chi connectivity index (χ4n) is 2.55. The van der Waals surface area contributed by atoms with Crippen LogP contribution in [0.25, 0.3) is 0 Å². The summed E-state index contributed by atoms with van der Waals surface area (Å²) in [7, 11) is -3.65. The normalized spacial score (nSPS) is 17.3. The molecule has 1 aliphatic rings. The van der Waals surface area contributed by atoms with Gasteiger partial charge in [0.15, 0.2) is 0 Å². The van der Waals surface area contributed by atoms with E-state index in [1.54, 1.807) is 18.3 Å². The fraction of sp³-hybridized carbons (Fsp3) is 0.357. The largest absolute Gasteiger partial charge is 0.282 e. The molecule has 1 fully saturated rings. The average Bonchev–Trinajstić information content (AvgIpc) is 2.95. The number of aromatic nitrogens is 2. The quantitative estimate of drug-likeness (QED) is 0.714. The highest BCUT2D eigenvalue weighted by Crippen LogP contribution is 2.31. The zero-order valence-corrected chi connectivity index (χ0v) is 16.5. The molecule has 0 N–H and O–H groups in total. The molecule has 1 aromatic carbocycles. The van der Waals surface area contributed by atoms with Gasteiger partial charge in [-0.15, -0.1) is 0 Å².